The van der Waals surface area contributed by atoms with Gasteiger partial charge in [0.2, 0.25) is 0 Å². The third kappa shape index (κ3) is 3.44. The molecule has 0 amide bonds. The minimum absolute atomic E-state index is 1.09. The minimum atomic E-state index is 1.09. The van der Waals surface area contributed by atoms with E-state index in [1.165, 1.54) is 33.4 Å². The van der Waals surface area contributed by atoms with Gasteiger partial charge in [0, 0.05) is 0 Å². The third-order valence-electron chi connectivity index (χ3n) is 4.39. The molecule has 0 atom stereocenters. The van der Waals surface area contributed by atoms with E-state index in [-0.39, 0.29) is 0 Å². The fourth-order valence-corrected chi connectivity index (χ4v) is 2.88. The van der Waals surface area contributed by atoms with E-state index in [2.05, 4.69) is 58.6 Å². The Bertz CT molecular complexity index is 621. The van der Waals surface area contributed by atoms with E-state index in [0.29, 0.717) is 0 Å². The molecule has 0 bridgehead atoms. The number of rotatable bonds is 4. The van der Waals surface area contributed by atoms with E-state index in [4.69, 9.17) is 0 Å². The molecule has 0 heteroatoms. The topological polar surface area (TPSA) is 0 Å². The number of hydrogen-bond acceptors (Lipinski definition) is 0. The Balaban J connectivity index is 2.28. The largest absolute Gasteiger partial charge is 0.0991 e. The summed E-state index contributed by atoms with van der Waals surface area (Å²) in [4.78, 5) is 0. The lowest BCUT2D eigenvalue weighted by Crippen LogP contribution is -1.95. The van der Waals surface area contributed by atoms with Crippen LogP contribution in [0.5, 0.6) is 0 Å². The summed E-state index contributed by atoms with van der Waals surface area (Å²) < 4.78 is 0. The molecule has 0 saturated carbocycles. The van der Waals surface area contributed by atoms with Crippen LogP contribution in [0.2, 0.25) is 0 Å². The molecule has 21 heavy (non-hydrogen) atoms. The maximum absolute atomic E-state index is 3.79. The van der Waals surface area contributed by atoms with Crippen molar-refractivity contribution in [3.63, 3.8) is 0 Å². The van der Waals surface area contributed by atoms with Crippen molar-refractivity contribution in [2.75, 3.05) is 0 Å². The fraction of sp³-hybridized carbons (Fsp3) is 0.333. The first-order chi connectivity index (χ1) is 10.1. The van der Waals surface area contributed by atoms with Gasteiger partial charge in [-0.05, 0) is 62.3 Å². The van der Waals surface area contributed by atoms with Gasteiger partial charge in [0.25, 0.3) is 0 Å². The molecular formula is C21H26. The summed E-state index contributed by atoms with van der Waals surface area (Å²) >= 11 is 0. The molecule has 0 aromatic heterocycles. The predicted octanol–water partition coefficient (Wildman–Crippen LogP) is 6.38. The maximum atomic E-state index is 3.79. The van der Waals surface area contributed by atoms with Gasteiger partial charge < -0.3 is 0 Å². The van der Waals surface area contributed by atoms with Crippen molar-refractivity contribution in [3.8, 4) is 0 Å². The molecule has 0 nitrogen and oxygen atoms in total. The van der Waals surface area contributed by atoms with Crippen molar-refractivity contribution in [2.24, 2.45) is 0 Å². The Kier molecular flexibility index (Phi) is 5.01. The Morgan fingerprint density at radius 1 is 1.19 bits per heavy atom. The average Bonchev–Trinajstić information content (AvgIpc) is 2.89. The second-order valence-corrected chi connectivity index (χ2v) is 6.08. The molecule has 2 aliphatic rings. The quantitative estimate of drug-likeness (QED) is 0.523. The Morgan fingerprint density at radius 2 is 1.95 bits per heavy atom. The zero-order chi connectivity index (χ0) is 15.4. The molecule has 0 N–H and O–H groups in total. The molecule has 0 saturated heterocycles. The molecule has 2 rings (SSSR count). The van der Waals surface area contributed by atoms with E-state index in [9.17, 15) is 0 Å². The molecule has 110 valence electrons. The van der Waals surface area contributed by atoms with Crippen LogP contribution in [0, 0.1) is 0 Å². The monoisotopic (exact) mass is 278 g/mol. The Hall–Kier alpha value is -1.82. The van der Waals surface area contributed by atoms with Gasteiger partial charge in [-0.1, -0.05) is 66.7 Å². The highest BCUT2D eigenvalue weighted by Gasteiger charge is 2.20. The second kappa shape index (κ2) is 6.76. The van der Waals surface area contributed by atoms with Gasteiger partial charge >= 0.3 is 0 Å². The summed E-state index contributed by atoms with van der Waals surface area (Å²) in [5.41, 5.74) is 10.2. The summed E-state index contributed by atoms with van der Waals surface area (Å²) in [5.74, 6) is 0. The van der Waals surface area contributed by atoms with Gasteiger partial charge in [-0.2, -0.15) is 0 Å². The first kappa shape index (κ1) is 15.6. The van der Waals surface area contributed by atoms with Crippen LogP contribution >= 0.6 is 0 Å². The Morgan fingerprint density at radius 3 is 2.57 bits per heavy atom. The van der Waals surface area contributed by atoms with Crippen molar-refractivity contribution < 1.29 is 0 Å². The predicted molar refractivity (Wildman–Crippen MR) is 94.2 cm³/mol. The van der Waals surface area contributed by atoms with Crippen LogP contribution in [0.15, 0.2) is 82.0 Å². The van der Waals surface area contributed by atoms with Crippen molar-refractivity contribution in [2.45, 2.75) is 47.0 Å². The van der Waals surface area contributed by atoms with Gasteiger partial charge in [-0.25, -0.2) is 0 Å². The molecular weight excluding hydrogens is 252 g/mol. The second-order valence-electron chi connectivity index (χ2n) is 6.08. The first-order valence-corrected chi connectivity index (χ1v) is 7.83. The molecule has 0 spiro atoms. The van der Waals surface area contributed by atoms with Gasteiger partial charge in [-0.3, -0.25) is 0 Å². The lowest BCUT2D eigenvalue weighted by Gasteiger charge is -2.14. The van der Waals surface area contributed by atoms with Gasteiger partial charge in [0.15, 0.2) is 0 Å². The van der Waals surface area contributed by atoms with Crippen LogP contribution in [0.1, 0.15) is 47.0 Å². The van der Waals surface area contributed by atoms with Crippen molar-refractivity contribution in [1.29, 1.82) is 0 Å². The van der Waals surface area contributed by atoms with Crippen molar-refractivity contribution >= 4 is 0 Å². The minimum Gasteiger partial charge on any atom is -0.0991 e. The van der Waals surface area contributed by atoms with E-state index in [1.54, 1.807) is 5.57 Å². The lowest BCUT2D eigenvalue weighted by molar-refractivity contribution is 1.00. The highest BCUT2D eigenvalue weighted by Crippen LogP contribution is 2.39. The molecule has 0 aromatic rings. The van der Waals surface area contributed by atoms with E-state index >= 15 is 0 Å². The van der Waals surface area contributed by atoms with Crippen LogP contribution in [-0.4, -0.2) is 0 Å². The van der Waals surface area contributed by atoms with E-state index in [1.807, 2.05) is 12.2 Å². The lowest BCUT2D eigenvalue weighted by atomic mass is 9.91. The highest BCUT2D eigenvalue weighted by atomic mass is 14.2. The van der Waals surface area contributed by atoms with Crippen molar-refractivity contribution in [3.05, 3.63) is 82.0 Å². The van der Waals surface area contributed by atoms with Crippen LogP contribution in [-0.2, 0) is 0 Å². The molecule has 0 unspecified atom stereocenters. The number of hydrogen-bond donors (Lipinski definition) is 0. The maximum Gasteiger partial charge on any atom is -0.00486 e. The fourth-order valence-electron chi connectivity index (χ4n) is 2.88. The summed E-state index contributed by atoms with van der Waals surface area (Å²) in [6.45, 7) is 12.7. The number of allylic oxidation sites excluding steroid dienone is 13. The van der Waals surface area contributed by atoms with Gasteiger partial charge in [-0.15, -0.1) is 0 Å². The van der Waals surface area contributed by atoms with Crippen LogP contribution in [0.3, 0.4) is 0 Å². The first-order valence-electron chi connectivity index (χ1n) is 7.83. The highest BCUT2D eigenvalue weighted by molar-refractivity contribution is 5.59. The average molecular weight is 278 g/mol. The van der Waals surface area contributed by atoms with Crippen molar-refractivity contribution in [1.82, 2.24) is 0 Å². The molecule has 0 radical (unpaired) electrons. The normalized spacial score (nSPS) is 18.9. The van der Waals surface area contributed by atoms with E-state index < -0.39 is 0 Å². The smallest absolute Gasteiger partial charge is 0.00486 e. The van der Waals surface area contributed by atoms with Crippen LogP contribution < -0.4 is 0 Å². The molecule has 2 aliphatic carbocycles. The summed E-state index contributed by atoms with van der Waals surface area (Å²) in [6, 6.07) is 0. The molecule has 0 aromatic carbocycles. The third-order valence-corrected chi connectivity index (χ3v) is 4.39. The van der Waals surface area contributed by atoms with Gasteiger partial charge in [0.1, 0.15) is 0 Å². The zero-order valence-electron chi connectivity index (χ0n) is 13.8. The summed E-state index contributed by atoms with van der Waals surface area (Å²) in [7, 11) is 0. The van der Waals surface area contributed by atoms with Crippen LogP contribution in [0.4, 0.5) is 0 Å². The van der Waals surface area contributed by atoms with Crippen LogP contribution in [0.25, 0.3) is 0 Å². The Labute approximate surface area is 129 Å². The summed E-state index contributed by atoms with van der Waals surface area (Å²) in [5, 5.41) is 0. The van der Waals surface area contributed by atoms with E-state index in [0.717, 1.165) is 19.3 Å². The molecule has 0 fully saturated rings. The zero-order valence-corrected chi connectivity index (χ0v) is 13.8. The standard InChI is InChI=1S/C21H26/c1-6-8-9-21(16(5)7-2)20-13-18-11-10-17(15(3)4)12-19(18)14-20/h6,8-11,13H,1,7,12,14H2,2-5H3/b9-8-,21-16+. The summed E-state index contributed by atoms with van der Waals surface area (Å²) in [6.07, 6.45) is 16.3. The SMILES string of the molecule is C=C/C=C\C(C1=CC2=C(C1)CC(=C(C)C)C=C2)=C(\C)CC. The van der Waals surface area contributed by atoms with Gasteiger partial charge in [0.05, 0.1) is 0 Å². The molecule has 0 heterocycles. The molecule has 0 aliphatic heterocycles.